The van der Waals surface area contributed by atoms with Crippen molar-refractivity contribution in [1.29, 1.82) is 0 Å². The first kappa shape index (κ1) is 10.7. The van der Waals surface area contributed by atoms with E-state index in [9.17, 15) is 0 Å². The third kappa shape index (κ3) is 3.33. The van der Waals surface area contributed by atoms with Crippen LogP contribution in [0.3, 0.4) is 0 Å². The van der Waals surface area contributed by atoms with Crippen LogP contribution in [0.5, 0.6) is 0 Å². The van der Waals surface area contributed by atoms with E-state index in [4.69, 9.17) is 4.74 Å². The second-order valence-electron chi connectivity index (χ2n) is 4.25. The summed E-state index contributed by atoms with van der Waals surface area (Å²) in [6.45, 7) is 4.85. The monoisotopic (exact) mass is 205 g/mol. The number of rotatable bonds is 3. The number of benzene rings is 1. The van der Waals surface area contributed by atoms with Gasteiger partial charge < -0.3 is 10.1 Å². The van der Waals surface area contributed by atoms with Crippen LogP contribution in [0.15, 0.2) is 24.3 Å². The molecule has 1 N–H and O–H groups in total. The van der Waals surface area contributed by atoms with Crippen molar-refractivity contribution in [3.8, 4) is 0 Å². The average molecular weight is 205 g/mol. The van der Waals surface area contributed by atoms with Crippen molar-refractivity contribution < 1.29 is 4.74 Å². The molecule has 82 valence electrons. The van der Waals surface area contributed by atoms with Gasteiger partial charge in [0.1, 0.15) is 0 Å². The zero-order valence-corrected chi connectivity index (χ0v) is 9.33. The highest BCUT2D eigenvalue weighted by Gasteiger charge is 2.12. The molecule has 2 heteroatoms. The molecule has 1 atom stereocenters. The lowest BCUT2D eigenvalue weighted by molar-refractivity contribution is 0.0743. The summed E-state index contributed by atoms with van der Waals surface area (Å²) < 4.78 is 5.43. The molecule has 1 aromatic carbocycles. The summed E-state index contributed by atoms with van der Waals surface area (Å²) in [6, 6.07) is 9.35. The number of morpholine rings is 1. The molecule has 1 unspecified atom stereocenters. The molecule has 15 heavy (non-hydrogen) atoms. The number of hydrogen-bond donors (Lipinski definition) is 1. The van der Waals surface area contributed by atoms with Crippen molar-refractivity contribution in [2.45, 2.75) is 25.8 Å². The fourth-order valence-electron chi connectivity index (χ4n) is 1.90. The predicted molar refractivity (Wildman–Crippen MR) is 62.1 cm³/mol. The van der Waals surface area contributed by atoms with E-state index in [0.29, 0.717) is 6.04 Å². The highest BCUT2D eigenvalue weighted by Crippen LogP contribution is 2.08. The average Bonchev–Trinajstić information content (AvgIpc) is 2.30. The molecule has 0 aromatic heterocycles. The van der Waals surface area contributed by atoms with E-state index in [1.165, 1.54) is 17.5 Å². The quantitative estimate of drug-likeness (QED) is 0.814. The molecule has 0 spiro atoms. The van der Waals surface area contributed by atoms with Crippen molar-refractivity contribution in [1.82, 2.24) is 5.32 Å². The molecule has 0 bridgehead atoms. The third-order valence-corrected chi connectivity index (χ3v) is 2.90. The van der Waals surface area contributed by atoms with Gasteiger partial charge in [-0.2, -0.15) is 0 Å². The Morgan fingerprint density at radius 2 is 2.13 bits per heavy atom. The minimum atomic E-state index is 0.542. The lowest BCUT2D eigenvalue weighted by atomic mass is 10.0. The van der Waals surface area contributed by atoms with Gasteiger partial charge in [-0.05, 0) is 25.3 Å². The molecule has 0 saturated carbocycles. The van der Waals surface area contributed by atoms with Gasteiger partial charge in [-0.1, -0.05) is 29.8 Å². The molecular weight excluding hydrogens is 186 g/mol. The van der Waals surface area contributed by atoms with Crippen LogP contribution in [0.25, 0.3) is 0 Å². The first-order valence-electron chi connectivity index (χ1n) is 5.71. The van der Waals surface area contributed by atoms with Gasteiger partial charge in [-0.25, -0.2) is 0 Å². The van der Waals surface area contributed by atoms with Crippen molar-refractivity contribution in [2.75, 3.05) is 19.8 Å². The molecule has 1 aromatic rings. The van der Waals surface area contributed by atoms with E-state index in [2.05, 4.69) is 36.5 Å². The molecule has 0 radical (unpaired) electrons. The number of nitrogens with one attached hydrogen (secondary N) is 1. The van der Waals surface area contributed by atoms with Gasteiger partial charge in [0.25, 0.3) is 0 Å². The summed E-state index contributed by atoms with van der Waals surface area (Å²) in [4.78, 5) is 0. The van der Waals surface area contributed by atoms with Gasteiger partial charge in [0.05, 0.1) is 13.2 Å². The maximum absolute atomic E-state index is 5.43. The van der Waals surface area contributed by atoms with Crippen LogP contribution in [0.1, 0.15) is 17.5 Å². The fourth-order valence-corrected chi connectivity index (χ4v) is 1.90. The molecule has 1 fully saturated rings. The van der Waals surface area contributed by atoms with Gasteiger partial charge in [0.15, 0.2) is 0 Å². The maximum Gasteiger partial charge on any atom is 0.0620 e. The zero-order chi connectivity index (χ0) is 10.5. The second-order valence-corrected chi connectivity index (χ2v) is 4.25. The molecule has 1 aliphatic rings. The Kier molecular flexibility index (Phi) is 3.75. The van der Waals surface area contributed by atoms with Gasteiger partial charge in [0, 0.05) is 12.6 Å². The topological polar surface area (TPSA) is 21.3 Å². The largest absolute Gasteiger partial charge is 0.379 e. The lowest BCUT2D eigenvalue weighted by Crippen LogP contribution is -2.41. The van der Waals surface area contributed by atoms with Crippen molar-refractivity contribution in [2.24, 2.45) is 0 Å². The summed E-state index contributed by atoms with van der Waals surface area (Å²) in [5, 5.41) is 3.48. The molecule has 1 heterocycles. The molecular formula is C13H19NO. The fraction of sp³-hybridized carbons (Fsp3) is 0.538. The van der Waals surface area contributed by atoms with Crippen molar-refractivity contribution in [3.63, 3.8) is 0 Å². The van der Waals surface area contributed by atoms with Crippen LogP contribution in [0, 0.1) is 6.92 Å². The number of ether oxygens (including phenoxy) is 1. The van der Waals surface area contributed by atoms with Crippen molar-refractivity contribution >= 4 is 0 Å². The minimum absolute atomic E-state index is 0.542. The number of aryl methyl sites for hydroxylation is 2. The summed E-state index contributed by atoms with van der Waals surface area (Å²) in [5.41, 5.74) is 2.76. The number of hydrogen-bond acceptors (Lipinski definition) is 2. The highest BCUT2D eigenvalue weighted by atomic mass is 16.5. The van der Waals surface area contributed by atoms with E-state index < -0.39 is 0 Å². The van der Waals surface area contributed by atoms with Gasteiger partial charge in [-0.15, -0.1) is 0 Å². The van der Waals surface area contributed by atoms with Gasteiger partial charge >= 0.3 is 0 Å². The summed E-state index contributed by atoms with van der Waals surface area (Å²) in [7, 11) is 0. The zero-order valence-electron chi connectivity index (χ0n) is 9.33. The van der Waals surface area contributed by atoms with Crippen LogP contribution in [0.4, 0.5) is 0 Å². The van der Waals surface area contributed by atoms with Crippen LogP contribution < -0.4 is 5.32 Å². The predicted octanol–water partition coefficient (Wildman–Crippen LogP) is 1.92. The first-order valence-corrected chi connectivity index (χ1v) is 5.71. The van der Waals surface area contributed by atoms with E-state index >= 15 is 0 Å². The Morgan fingerprint density at radius 3 is 2.80 bits per heavy atom. The SMILES string of the molecule is Cc1ccc(CCC2COCCN2)cc1. The lowest BCUT2D eigenvalue weighted by Gasteiger charge is -2.23. The molecule has 0 aliphatic carbocycles. The van der Waals surface area contributed by atoms with E-state index in [1.54, 1.807) is 0 Å². The Bertz CT molecular complexity index is 288. The van der Waals surface area contributed by atoms with Crippen LogP contribution in [0.2, 0.25) is 0 Å². The third-order valence-electron chi connectivity index (χ3n) is 2.90. The summed E-state index contributed by atoms with van der Waals surface area (Å²) in [5.74, 6) is 0. The van der Waals surface area contributed by atoms with Crippen LogP contribution in [-0.4, -0.2) is 25.8 Å². The van der Waals surface area contributed by atoms with Gasteiger partial charge in [-0.3, -0.25) is 0 Å². The summed E-state index contributed by atoms with van der Waals surface area (Å²) in [6.07, 6.45) is 2.31. The van der Waals surface area contributed by atoms with E-state index in [0.717, 1.165) is 26.2 Å². The molecule has 1 saturated heterocycles. The van der Waals surface area contributed by atoms with Crippen LogP contribution >= 0.6 is 0 Å². The Balaban J connectivity index is 1.79. The molecule has 2 nitrogen and oxygen atoms in total. The molecule has 1 aliphatic heterocycles. The molecule has 0 amide bonds. The molecule has 2 rings (SSSR count). The highest BCUT2D eigenvalue weighted by molar-refractivity contribution is 5.21. The Hall–Kier alpha value is -0.860. The maximum atomic E-state index is 5.43. The normalized spacial score (nSPS) is 21.5. The Labute approximate surface area is 91.6 Å². The van der Waals surface area contributed by atoms with E-state index in [1.807, 2.05) is 0 Å². The van der Waals surface area contributed by atoms with E-state index in [-0.39, 0.29) is 0 Å². The standard InChI is InChI=1S/C13H19NO/c1-11-2-4-12(5-3-11)6-7-13-10-15-9-8-14-13/h2-5,13-14H,6-10H2,1H3. The Morgan fingerprint density at radius 1 is 1.33 bits per heavy atom. The summed E-state index contributed by atoms with van der Waals surface area (Å²) >= 11 is 0. The smallest absolute Gasteiger partial charge is 0.0620 e. The minimum Gasteiger partial charge on any atom is -0.379 e. The van der Waals surface area contributed by atoms with Crippen molar-refractivity contribution in [3.05, 3.63) is 35.4 Å². The second kappa shape index (κ2) is 5.29. The van der Waals surface area contributed by atoms with Gasteiger partial charge in [0.2, 0.25) is 0 Å². The first-order chi connectivity index (χ1) is 7.34. The van der Waals surface area contributed by atoms with Crippen LogP contribution in [-0.2, 0) is 11.2 Å².